The lowest BCUT2D eigenvalue weighted by atomic mass is 10.0. The van der Waals surface area contributed by atoms with Gasteiger partial charge in [0.05, 0.1) is 32.6 Å². The molecular formula is C24H21ClN2O5. The Morgan fingerprint density at radius 2 is 1.78 bits per heavy atom. The Balaban J connectivity index is 1.82. The fourth-order valence-electron chi connectivity index (χ4n) is 3.53. The van der Waals surface area contributed by atoms with E-state index in [1.807, 2.05) is 6.92 Å². The van der Waals surface area contributed by atoms with Gasteiger partial charge < -0.3 is 19.2 Å². The Hall–Kier alpha value is -3.71. The summed E-state index contributed by atoms with van der Waals surface area (Å²) in [7, 11) is 3.04. The molecule has 4 rings (SSSR count). The van der Waals surface area contributed by atoms with Crippen molar-refractivity contribution >= 4 is 34.7 Å². The summed E-state index contributed by atoms with van der Waals surface area (Å²) in [6.45, 7) is 1.85. The number of ether oxygens (including phenoxy) is 2. The second kappa shape index (κ2) is 8.80. The first-order valence-corrected chi connectivity index (χ1v) is 10.2. The molecule has 0 atom stereocenters. The Morgan fingerprint density at radius 3 is 2.47 bits per heavy atom. The van der Waals surface area contributed by atoms with Crippen LogP contribution in [0.15, 0.2) is 64.9 Å². The zero-order valence-electron chi connectivity index (χ0n) is 17.8. The van der Waals surface area contributed by atoms with Gasteiger partial charge in [0, 0.05) is 10.7 Å². The topological polar surface area (TPSA) is 81.0 Å². The van der Waals surface area contributed by atoms with Crippen molar-refractivity contribution < 1.29 is 23.5 Å². The number of halogens is 1. The Kier molecular flexibility index (Phi) is 5.92. The summed E-state index contributed by atoms with van der Waals surface area (Å²) in [5.41, 5.74) is 2.29. The van der Waals surface area contributed by atoms with Crippen molar-refractivity contribution in [2.75, 3.05) is 19.5 Å². The SMILES string of the molecule is COc1ccc(C2=C(Nc3cccc(Cl)c3C)C(=O)N(Cc3ccco3)C2=O)cc1OC. The molecule has 0 saturated carbocycles. The first kappa shape index (κ1) is 21.5. The van der Waals surface area contributed by atoms with Gasteiger partial charge in [-0.15, -0.1) is 0 Å². The summed E-state index contributed by atoms with van der Waals surface area (Å²) in [5, 5.41) is 3.68. The van der Waals surface area contributed by atoms with Crippen LogP contribution in [0.2, 0.25) is 5.02 Å². The monoisotopic (exact) mass is 452 g/mol. The summed E-state index contributed by atoms with van der Waals surface area (Å²) in [4.78, 5) is 27.9. The smallest absolute Gasteiger partial charge is 0.278 e. The maximum Gasteiger partial charge on any atom is 0.278 e. The number of furan rings is 1. The van der Waals surface area contributed by atoms with Gasteiger partial charge in [-0.3, -0.25) is 14.5 Å². The molecule has 8 heteroatoms. The Morgan fingerprint density at radius 1 is 1.00 bits per heavy atom. The lowest BCUT2D eigenvalue weighted by Gasteiger charge is -2.14. The van der Waals surface area contributed by atoms with Crippen molar-refractivity contribution in [1.82, 2.24) is 4.90 Å². The molecule has 3 aromatic rings. The molecule has 1 N–H and O–H groups in total. The van der Waals surface area contributed by atoms with Crippen molar-refractivity contribution in [3.8, 4) is 11.5 Å². The van der Waals surface area contributed by atoms with Gasteiger partial charge in [-0.25, -0.2) is 0 Å². The highest BCUT2D eigenvalue weighted by Crippen LogP contribution is 2.37. The van der Waals surface area contributed by atoms with Crippen LogP contribution in [0.4, 0.5) is 5.69 Å². The van der Waals surface area contributed by atoms with Gasteiger partial charge in [-0.05, 0) is 54.4 Å². The molecule has 2 heterocycles. The van der Waals surface area contributed by atoms with Crippen molar-refractivity contribution in [1.29, 1.82) is 0 Å². The molecular weight excluding hydrogens is 432 g/mol. The van der Waals surface area contributed by atoms with Gasteiger partial charge >= 0.3 is 0 Å². The average Bonchev–Trinajstić information content (AvgIpc) is 3.39. The highest BCUT2D eigenvalue weighted by molar-refractivity contribution is 6.36. The zero-order chi connectivity index (χ0) is 22.8. The highest BCUT2D eigenvalue weighted by atomic mass is 35.5. The molecule has 2 amide bonds. The van der Waals surface area contributed by atoms with E-state index in [0.29, 0.717) is 33.5 Å². The number of nitrogens with one attached hydrogen (secondary N) is 1. The summed E-state index contributed by atoms with van der Waals surface area (Å²) in [5.74, 6) is 0.552. The minimum atomic E-state index is -0.462. The molecule has 2 aromatic carbocycles. The number of nitrogens with zero attached hydrogens (tertiary/aromatic N) is 1. The lowest BCUT2D eigenvalue weighted by Crippen LogP contribution is -2.31. The van der Waals surface area contributed by atoms with Crippen LogP contribution in [-0.2, 0) is 16.1 Å². The normalized spacial score (nSPS) is 13.7. The number of hydrogen-bond donors (Lipinski definition) is 1. The van der Waals surface area contributed by atoms with Gasteiger partial charge in [0.2, 0.25) is 0 Å². The molecule has 164 valence electrons. The molecule has 0 spiro atoms. The van der Waals surface area contributed by atoms with E-state index >= 15 is 0 Å². The number of carbonyl (C=O) groups is 2. The second-order valence-corrected chi connectivity index (χ2v) is 7.54. The van der Waals surface area contributed by atoms with E-state index < -0.39 is 11.8 Å². The van der Waals surface area contributed by atoms with Crippen molar-refractivity contribution in [3.63, 3.8) is 0 Å². The Labute approximate surface area is 190 Å². The van der Waals surface area contributed by atoms with E-state index in [9.17, 15) is 9.59 Å². The van der Waals surface area contributed by atoms with Crippen molar-refractivity contribution in [2.24, 2.45) is 0 Å². The fourth-order valence-corrected chi connectivity index (χ4v) is 3.71. The third kappa shape index (κ3) is 3.83. The standard InChI is InChI=1S/C24H21ClN2O5/c1-14-17(25)7-4-8-18(14)26-22-21(15-9-10-19(30-2)20(12-15)31-3)23(28)27(24(22)29)13-16-6-5-11-32-16/h4-12,26H,13H2,1-3H3. The second-order valence-electron chi connectivity index (χ2n) is 7.13. The third-order valence-electron chi connectivity index (χ3n) is 5.26. The van der Waals surface area contributed by atoms with Gasteiger partial charge in [-0.1, -0.05) is 23.7 Å². The molecule has 32 heavy (non-hydrogen) atoms. The number of rotatable bonds is 7. The van der Waals surface area contributed by atoms with E-state index in [-0.39, 0.29) is 17.8 Å². The minimum Gasteiger partial charge on any atom is -0.493 e. The van der Waals surface area contributed by atoms with E-state index in [1.54, 1.807) is 48.5 Å². The maximum atomic E-state index is 13.4. The molecule has 0 radical (unpaired) electrons. The van der Waals surface area contributed by atoms with Gasteiger partial charge in [-0.2, -0.15) is 0 Å². The number of anilines is 1. The van der Waals surface area contributed by atoms with Crippen LogP contribution in [0.1, 0.15) is 16.9 Å². The molecule has 0 saturated heterocycles. The van der Waals surface area contributed by atoms with Gasteiger partial charge in [0.1, 0.15) is 11.5 Å². The molecule has 1 aliphatic rings. The minimum absolute atomic E-state index is 0.0150. The van der Waals surface area contributed by atoms with E-state index in [1.165, 1.54) is 20.5 Å². The van der Waals surface area contributed by atoms with Crippen LogP contribution in [0.25, 0.3) is 5.57 Å². The fraction of sp³-hybridized carbons (Fsp3) is 0.167. The largest absolute Gasteiger partial charge is 0.493 e. The molecule has 0 aliphatic carbocycles. The molecule has 0 fully saturated rings. The molecule has 1 aromatic heterocycles. The first-order valence-electron chi connectivity index (χ1n) is 9.82. The van der Waals surface area contributed by atoms with E-state index in [2.05, 4.69) is 5.32 Å². The molecule has 7 nitrogen and oxygen atoms in total. The number of hydrogen-bond acceptors (Lipinski definition) is 6. The third-order valence-corrected chi connectivity index (χ3v) is 5.67. The summed E-state index contributed by atoms with van der Waals surface area (Å²) >= 11 is 6.25. The van der Waals surface area contributed by atoms with E-state index in [0.717, 1.165) is 10.5 Å². The number of amides is 2. The predicted molar refractivity (Wildman–Crippen MR) is 121 cm³/mol. The van der Waals surface area contributed by atoms with Gasteiger partial charge in [0.15, 0.2) is 11.5 Å². The summed E-state index contributed by atoms with van der Waals surface area (Å²) in [6.07, 6.45) is 1.50. The quantitative estimate of drug-likeness (QED) is 0.525. The Bertz CT molecular complexity index is 1220. The summed E-state index contributed by atoms with van der Waals surface area (Å²) < 4.78 is 16.0. The maximum absolute atomic E-state index is 13.4. The lowest BCUT2D eigenvalue weighted by molar-refractivity contribution is -0.137. The van der Waals surface area contributed by atoms with Crippen LogP contribution in [-0.4, -0.2) is 30.9 Å². The average molecular weight is 453 g/mol. The van der Waals surface area contributed by atoms with Crippen LogP contribution in [0.3, 0.4) is 0 Å². The molecule has 0 unspecified atom stereocenters. The highest BCUT2D eigenvalue weighted by Gasteiger charge is 2.40. The predicted octanol–water partition coefficient (Wildman–Crippen LogP) is 4.65. The van der Waals surface area contributed by atoms with Gasteiger partial charge in [0.25, 0.3) is 11.8 Å². The van der Waals surface area contributed by atoms with E-state index in [4.69, 9.17) is 25.5 Å². The van der Waals surface area contributed by atoms with Crippen LogP contribution in [0, 0.1) is 6.92 Å². The van der Waals surface area contributed by atoms with Crippen LogP contribution < -0.4 is 14.8 Å². The van der Waals surface area contributed by atoms with Crippen molar-refractivity contribution in [2.45, 2.75) is 13.5 Å². The molecule has 0 bridgehead atoms. The number of methoxy groups -OCH3 is 2. The summed E-state index contributed by atoms with van der Waals surface area (Å²) in [6, 6.07) is 13.8. The number of imide groups is 1. The van der Waals surface area contributed by atoms with Crippen LogP contribution >= 0.6 is 11.6 Å². The number of benzene rings is 2. The zero-order valence-corrected chi connectivity index (χ0v) is 18.5. The first-order chi connectivity index (χ1) is 15.4. The van der Waals surface area contributed by atoms with Crippen molar-refractivity contribution in [3.05, 3.63) is 82.4 Å². The van der Waals surface area contributed by atoms with Crippen LogP contribution in [0.5, 0.6) is 11.5 Å². The molecule has 1 aliphatic heterocycles. The number of carbonyl (C=O) groups excluding carboxylic acids is 2.